The quantitative estimate of drug-likeness (QED) is 0.554. The molecule has 146 valence electrons. The third-order valence-corrected chi connectivity index (χ3v) is 5.84. The van der Waals surface area contributed by atoms with E-state index < -0.39 is 0 Å². The second-order valence-electron chi connectivity index (χ2n) is 6.02. The number of thioether (sulfide) groups is 1. The van der Waals surface area contributed by atoms with Crippen LogP contribution in [0.3, 0.4) is 0 Å². The first-order valence-electron chi connectivity index (χ1n) is 8.42. The highest BCUT2D eigenvalue weighted by molar-refractivity contribution is 8.01. The predicted molar refractivity (Wildman–Crippen MR) is 107 cm³/mol. The summed E-state index contributed by atoms with van der Waals surface area (Å²) in [4.78, 5) is 13.9. The van der Waals surface area contributed by atoms with Gasteiger partial charge < -0.3 is 10.2 Å². The SMILES string of the molecule is CN(Cc1ccc(F)cc1)C(=O)CSc1nnc(NCc2ccc(F)cc2)s1. The Morgan fingerprint density at radius 2 is 1.64 bits per heavy atom. The Hall–Kier alpha value is -2.52. The number of carbonyl (C=O) groups excluding carboxylic acids is 1. The van der Waals surface area contributed by atoms with Crippen LogP contribution in [0.1, 0.15) is 11.1 Å². The molecule has 1 N–H and O–H groups in total. The lowest BCUT2D eigenvalue weighted by Crippen LogP contribution is -2.27. The summed E-state index contributed by atoms with van der Waals surface area (Å²) >= 11 is 2.68. The molecular weight excluding hydrogens is 402 g/mol. The fourth-order valence-corrected chi connectivity index (χ4v) is 3.99. The van der Waals surface area contributed by atoms with E-state index in [0.717, 1.165) is 11.1 Å². The van der Waals surface area contributed by atoms with E-state index in [2.05, 4.69) is 15.5 Å². The largest absolute Gasteiger partial charge is 0.356 e. The van der Waals surface area contributed by atoms with Crippen molar-refractivity contribution in [1.82, 2.24) is 15.1 Å². The maximum Gasteiger partial charge on any atom is 0.233 e. The molecule has 0 fully saturated rings. The molecule has 3 rings (SSSR count). The highest BCUT2D eigenvalue weighted by Gasteiger charge is 2.12. The second-order valence-corrected chi connectivity index (χ2v) is 8.22. The summed E-state index contributed by atoms with van der Waals surface area (Å²) in [5, 5.41) is 11.9. The molecule has 1 amide bonds. The Balaban J connectivity index is 1.44. The first-order valence-corrected chi connectivity index (χ1v) is 10.2. The van der Waals surface area contributed by atoms with Gasteiger partial charge in [0.1, 0.15) is 11.6 Å². The number of rotatable bonds is 8. The van der Waals surface area contributed by atoms with Crippen LogP contribution in [0.15, 0.2) is 52.9 Å². The van der Waals surface area contributed by atoms with E-state index >= 15 is 0 Å². The standard InChI is InChI=1S/C19H18F2N4OS2/c1-25(11-14-4-8-16(21)9-5-14)17(26)12-27-19-24-23-18(28-19)22-10-13-2-6-15(20)7-3-13/h2-9H,10-12H2,1H3,(H,22,23). The summed E-state index contributed by atoms with van der Waals surface area (Å²) in [5.41, 5.74) is 1.80. The monoisotopic (exact) mass is 420 g/mol. The van der Waals surface area contributed by atoms with Gasteiger partial charge in [0.05, 0.1) is 5.75 Å². The average molecular weight is 421 g/mol. The average Bonchev–Trinajstić information content (AvgIpc) is 3.15. The van der Waals surface area contributed by atoms with Crippen molar-refractivity contribution in [3.63, 3.8) is 0 Å². The summed E-state index contributed by atoms with van der Waals surface area (Å²) < 4.78 is 26.5. The number of hydrogen-bond acceptors (Lipinski definition) is 6. The van der Waals surface area contributed by atoms with Gasteiger partial charge in [0.15, 0.2) is 4.34 Å². The van der Waals surface area contributed by atoms with Crippen LogP contribution < -0.4 is 5.32 Å². The molecule has 0 spiro atoms. The number of aromatic nitrogens is 2. The highest BCUT2D eigenvalue weighted by Crippen LogP contribution is 2.26. The van der Waals surface area contributed by atoms with Gasteiger partial charge in [0.25, 0.3) is 0 Å². The predicted octanol–water partition coefficient (Wildman–Crippen LogP) is 4.18. The lowest BCUT2D eigenvalue weighted by Gasteiger charge is -2.16. The molecule has 0 atom stereocenters. The molecule has 9 heteroatoms. The molecule has 2 aromatic carbocycles. The van der Waals surface area contributed by atoms with Gasteiger partial charge in [0, 0.05) is 20.1 Å². The zero-order valence-electron chi connectivity index (χ0n) is 15.1. The Labute approximate surface area is 169 Å². The minimum Gasteiger partial charge on any atom is -0.356 e. The molecule has 0 bridgehead atoms. The minimum absolute atomic E-state index is 0.0506. The fourth-order valence-electron chi connectivity index (χ4n) is 2.30. The molecule has 28 heavy (non-hydrogen) atoms. The highest BCUT2D eigenvalue weighted by atomic mass is 32.2. The normalized spacial score (nSPS) is 10.7. The summed E-state index contributed by atoms with van der Waals surface area (Å²) in [5.74, 6) is -0.379. The van der Waals surface area contributed by atoms with Crippen molar-refractivity contribution < 1.29 is 13.6 Å². The van der Waals surface area contributed by atoms with Gasteiger partial charge in [-0.05, 0) is 35.4 Å². The second kappa shape index (κ2) is 9.61. The van der Waals surface area contributed by atoms with E-state index in [0.29, 0.717) is 22.6 Å². The molecule has 0 aliphatic rings. The molecule has 5 nitrogen and oxygen atoms in total. The molecule has 0 aliphatic carbocycles. The first-order chi connectivity index (χ1) is 13.5. The molecule has 0 radical (unpaired) electrons. The maximum atomic E-state index is 12.9. The van der Waals surface area contributed by atoms with E-state index in [9.17, 15) is 13.6 Å². The van der Waals surface area contributed by atoms with Crippen LogP contribution >= 0.6 is 23.1 Å². The molecular formula is C19H18F2N4OS2. The van der Waals surface area contributed by atoms with Crippen molar-refractivity contribution in [2.75, 3.05) is 18.1 Å². The van der Waals surface area contributed by atoms with E-state index in [-0.39, 0.29) is 23.3 Å². The molecule has 0 aliphatic heterocycles. The smallest absolute Gasteiger partial charge is 0.233 e. The number of hydrogen-bond donors (Lipinski definition) is 1. The zero-order valence-corrected chi connectivity index (χ0v) is 16.7. The number of anilines is 1. The lowest BCUT2D eigenvalue weighted by molar-refractivity contribution is -0.127. The first kappa shape index (κ1) is 20.2. The number of nitrogens with zero attached hydrogens (tertiary/aromatic N) is 3. The van der Waals surface area contributed by atoms with Gasteiger partial charge in [-0.2, -0.15) is 0 Å². The maximum absolute atomic E-state index is 12.9. The van der Waals surface area contributed by atoms with Crippen molar-refractivity contribution >= 4 is 34.1 Å². The van der Waals surface area contributed by atoms with Crippen molar-refractivity contribution in [1.29, 1.82) is 0 Å². The Kier molecular flexibility index (Phi) is 6.94. The van der Waals surface area contributed by atoms with Crippen LogP contribution in [-0.4, -0.2) is 33.8 Å². The third-order valence-electron chi connectivity index (χ3n) is 3.84. The number of carbonyl (C=O) groups is 1. The molecule has 0 saturated heterocycles. The van der Waals surface area contributed by atoms with Gasteiger partial charge in [-0.1, -0.05) is 47.4 Å². The minimum atomic E-state index is -0.298. The summed E-state index contributed by atoms with van der Waals surface area (Å²) in [6.45, 7) is 0.930. The topological polar surface area (TPSA) is 58.1 Å². The third kappa shape index (κ3) is 6.00. The van der Waals surface area contributed by atoms with E-state index in [1.54, 1.807) is 36.2 Å². The summed E-state index contributed by atoms with van der Waals surface area (Å²) in [6.07, 6.45) is 0. The van der Waals surface area contributed by atoms with Crippen LogP contribution in [0.5, 0.6) is 0 Å². The molecule has 3 aromatic rings. The number of nitrogens with one attached hydrogen (secondary N) is 1. The number of amides is 1. The molecule has 1 heterocycles. The van der Waals surface area contributed by atoms with Crippen molar-refractivity contribution in [2.45, 2.75) is 17.4 Å². The lowest BCUT2D eigenvalue weighted by atomic mass is 10.2. The molecule has 1 aromatic heterocycles. The van der Waals surface area contributed by atoms with Gasteiger partial charge >= 0.3 is 0 Å². The fraction of sp³-hybridized carbons (Fsp3) is 0.211. The van der Waals surface area contributed by atoms with Gasteiger partial charge in [0.2, 0.25) is 11.0 Å². The van der Waals surface area contributed by atoms with E-state index in [1.807, 2.05) is 0 Å². The summed E-state index contributed by atoms with van der Waals surface area (Å²) in [7, 11) is 1.71. The van der Waals surface area contributed by atoms with Crippen LogP contribution in [0.2, 0.25) is 0 Å². The van der Waals surface area contributed by atoms with E-state index in [1.165, 1.54) is 47.4 Å². The Morgan fingerprint density at radius 3 is 2.29 bits per heavy atom. The number of halogens is 2. The molecule has 0 saturated carbocycles. The van der Waals surface area contributed by atoms with Crippen LogP contribution in [-0.2, 0) is 17.9 Å². The van der Waals surface area contributed by atoms with Crippen molar-refractivity contribution in [3.05, 3.63) is 71.3 Å². The van der Waals surface area contributed by atoms with Crippen LogP contribution in [0, 0.1) is 11.6 Å². The van der Waals surface area contributed by atoms with Gasteiger partial charge in [-0.25, -0.2) is 8.78 Å². The van der Waals surface area contributed by atoms with Crippen LogP contribution in [0.4, 0.5) is 13.9 Å². The Morgan fingerprint density at radius 1 is 1.04 bits per heavy atom. The van der Waals surface area contributed by atoms with Crippen LogP contribution in [0.25, 0.3) is 0 Å². The number of benzene rings is 2. The summed E-state index contributed by atoms with van der Waals surface area (Å²) in [6, 6.07) is 12.3. The van der Waals surface area contributed by atoms with Crippen molar-refractivity contribution in [2.24, 2.45) is 0 Å². The molecule has 0 unspecified atom stereocenters. The van der Waals surface area contributed by atoms with Crippen molar-refractivity contribution in [3.8, 4) is 0 Å². The van der Waals surface area contributed by atoms with E-state index in [4.69, 9.17) is 0 Å². The van der Waals surface area contributed by atoms with Gasteiger partial charge in [-0.15, -0.1) is 10.2 Å². The zero-order chi connectivity index (χ0) is 19.9. The Bertz CT molecular complexity index is 916. The van der Waals surface area contributed by atoms with Gasteiger partial charge in [-0.3, -0.25) is 4.79 Å².